The van der Waals surface area contributed by atoms with E-state index in [0.29, 0.717) is 0 Å². The predicted molar refractivity (Wildman–Crippen MR) is 50.3 cm³/mol. The molecule has 2 unspecified atom stereocenters. The molecule has 72 valence electrons. The molecule has 4 heteroatoms. The van der Waals surface area contributed by atoms with E-state index in [9.17, 15) is 4.21 Å². The van der Waals surface area contributed by atoms with Crippen molar-refractivity contribution in [2.24, 2.45) is 0 Å². The zero-order chi connectivity index (χ0) is 8.97. The fraction of sp³-hybridized carbons (Fsp3) is 1.00. The van der Waals surface area contributed by atoms with Gasteiger partial charge in [0.15, 0.2) is 11.1 Å². The van der Waals surface area contributed by atoms with Crippen molar-refractivity contribution in [2.45, 2.75) is 38.0 Å². The monoisotopic (exact) mass is 191 g/mol. The summed E-state index contributed by atoms with van der Waals surface area (Å²) in [6.07, 6.45) is 4.87. The van der Waals surface area contributed by atoms with Crippen LogP contribution in [0.3, 0.4) is 0 Å². The van der Waals surface area contributed by atoms with E-state index in [0.717, 1.165) is 13.1 Å². The maximum atomic E-state index is 10.8. The Morgan fingerprint density at radius 2 is 1.75 bits per heavy atom. The van der Waals surface area contributed by atoms with Crippen LogP contribution in [-0.4, -0.2) is 32.1 Å². The van der Waals surface area contributed by atoms with E-state index in [1.807, 2.05) is 6.92 Å². The van der Waals surface area contributed by atoms with Gasteiger partial charge in [-0.3, -0.25) is 4.90 Å². The molecule has 12 heavy (non-hydrogen) atoms. The second-order valence-corrected chi connectivity index (χ2v) is 4.56. The molecular weight excluding hydrogens is 174 g/mol. The van der Waals surface area contributed by atoms with E-state index >= 15 is 0 Å². The summed E-state index contributed by atoms with van der Waals surface area (Å²) in [6, 6.07) is 0. The summed E-state index contributed by atoms with van der Waals surface area (Å²) in [5.41, 5.74) is 0. The standard InChI is InChI=1S/C8H17NO2S/c1-8(12(10)11)9-6-4-2-3-5-7-9/h8H,2-7H2,1H3,(H,10,11). The zero-order valence-electron chi connectivity index (χ0n) is 7.53. The molecule has 1 rings (SSSR count). The molecule has 0 radical (unpaired) electrons. The first-order valence-electron chi connectivity index (χ1n) is 4.55. The first kappa shape index (κ1) is 10.2. The minimum absolute atomic E-state index is 0.192. The van der Waals surface area contributed by atoms with Crippen LogP contribution in [0.1, 0.15) is 32.6 Å². The van der Waals surface area contributed by atoms with Crippen LogP contribution in [0.4, 0.5) is 0 Å². The molecule has 1 aliphatic rings. The molecular formula is C8H17NO2S. The van der Waals surface area contributed by atoms with Gasteiger partial charge in [-0.2, -0.15) is 0 Å². The Morgan fingerprint density at radius 1 is 1.25 bits per heavy atom. The lowest BCUT2D eigenvalue weighted by Crippen LogP contribution is -2.36. The molecule has 0 bridgehead atoms. The highest BCUT2D eigenvalue weighted by atomic mass is 32.2. The molecule has 0 aliphatic carbocycles. The number of rotatable bonds is 2. The first-order valence-corrected chi connectivity index (χ1v) is 5.72. The van der Waals surface area contributed by atoms with Crippen molar-refractivity contribution in [1.82, 2.24) is 4.90 Å². The van der Waals surface area contributed by atoms with Crippen molar-refractivity contribution in [3.8, 4) is 0 Å². The van der Waals surface area contributed by atoms with Crippen LogP contribution in [0.25, 0.3) is 0 Å². The second kappa shape index (κ2) is 4.94. The van der Waals surface area contributed by atoms with Crippen molar-refractivity contribution >= 4 is 11.1 Å². The third kappa shape index (κ3) is 2.84. The molecule has 3 nitrogen and oxygen atoms in total. The summed E-state index contributed by atoms with van der Waals surface area (Å²) in [4.78, 5) is 2.11. The second-order valence-electron chi connectivity index (χ2n) is 3.33. The third-order valence-electron chi connectivity index (χ3n) is 2.45. The number of likely N-dealkylation sites (tertiary alicyclic amines) is 1. The molecule has 0 aromatic rings. The SMILES string of the molecule is CC(N1CCCCCC1)S(=O)O. The summed E-state index contributed by atoms with van der Waals surface area (Å²) in [5, 5.41) is -0.192. The van der Waals surface area contributed by atoms with Gasteiger partial charge in [0.2, 0.25) is 0 Å². The lowest BCUT2D eigenvalue weighted by molar-refractivity contribution is 0.266. The van der Waals surface area contributed by atoms with Crippen LogP contribution in [0.2, 0.25) is 0 Å². The van der Waals surface area contributed by atoms with Gasteiger partial charge in [0, 0.05) is 0 Å². The summed E-state index contributed by atoms with van der Waals surface area (Å²) >= 11 is -1.69. The minimum atomic E-state index is -1.69. The Balaban J connectivity index is 2.42. The van der Waals surface area contributed by atoms with Gasteiger partial charge in [-0.05, 0) is 32.9 Å². The first-order chi connectivity index (χ1) is 5.72. The summed E-state index contributed by atoms with van der Waals surface area (Å²) in [6.45, 7) is 3.78. The van der Waals surface area contributed by atoms with E-state index in [2.05, 4.69) is 4.90 Å². The van der Waals surface area contributed by atoms with Gasteiger partial charge in [0.1, 0.15) is 5.37 Å². The summed E-state index contributed by atoms with van der Waals surface area (Å²) in [5.74, 6) is 0. The highest BCUT2D eigenvalue weighted by molar-refractivity contribution is 7.79. The van der Waals surface area contributed by atoms with Crippen molar-refractivity contribution in [3.05, 3.63) is 0 Å². The van der Waals surface area contributed by atoms with Gasteiger partial charge in [0.25, 0.3) is 0 Å². The highest BCUT2D eigenvalue weighted by Crippen LogP contribution is 2.13. The van der Waals surface area contributed by atoms with E-state index in [4.69, 9.17) is 4.55 Å². The Bertz CT molecular complexity index is 155. The van der Waals surface area contributed by atoms with Crippen molar-refractivity contribution in [2.75, 3.05) is 13.1 Å². The zero-order valence-corrected chi connectivity index (χ0v) is 8.35. The Hall–Kier alpha value is 0.0700. The fourth-order valence-electron chi connectivity index (χ4n) is 1.59. The molecule has 0 aromatic heterocycles. The summed E-state index contributed by atoms with van der Waals surface area (Å²) in [7, 11) is 0. The Labute approximate surface area is 76.4 Å². The Kier molecular flexibility index (Phi) is 4.18. The number of hydrogen-bond donors (Lipinski definition) is 1. The smallest absolute Gasteiger partial charge is 0.170 e. The molecule has 2 atom stereocenters. The average molecular weight is 191 g/mol. The maximum absolute atomic E-state index is 10.8. The van der Waals surface area contributed by atoms with Gasteiger partial charge >= 0.3 is 0 Å². The lowest BCUT2D eigenvalue weighted by Gasteiger charge is -2.24. The van der Waals surface area contributed by atoms with Gasteiger partial charge in [-0.15, -0.1) is 0 Å². The number of nitrogens with zero attached hydrogens (tertiary/aromatic N) is 1. The van der Waals surface area contributed by atoms with Gasteiger partial charge in [-0.25, -0.2) is 4.21 Å². The van der Waals surface area contributed by atoms with E-state index in [1.54, 1.807) is 0 Å². The predicted octanol–water partition coefficient (Wildman–Crippen LogP) is 1.43. The quantitative estimate of drug-likeness (QED) is 0.671. The molecule has 1 N–H and O–H groups in total. The lowest BCUT2D eigenvalue weighted by atomic mass is 10.2. The molecule has 1 heterocycles. The van der Waals surface area contributed by atoms with Crippen LogP contribution in [-0.2, 0) is 11.1 Å². The largest absolute Gasteiger partial charge is 0.305 e. The maximum Gasteiger partial charge on any atom is 0.170 e. The molecule has 0 saturated carbocycles. The minimum Gasteiger partial charge on any atom is -0.305 e. The van der Waals surface area contributed by atoms with Crippen molar-refractivity contribution in [1.29, 1.82) is 0 Å². The third-order valence-corrected chi connectivity index (χ3v) is 3.33. The van der Waals surface area contributed by atoms with Crippen LogP contribution < -0.4 is 0 Å². The average Bonchev–Trinajstić information content (AvgIpc) is 2.30. The van der Waals surface area contributed by atoms with Crippen LogP contribution >= 0.6 is 0 Å². The molecule has 0 spiro atoms. The Morgan fingerprint density at radius 3 is 2.17 bits per heavy atom. The van der Waals surface area contributed by atoms with Crippen molar-refractivity contribution < 1.29 is 8.76 Å². The number of hydrogen-bond acceptors (Lipinski definition) is 2. The normalized spacial score (nSPS) is 26.2. The topological polar surface area (TPSA) is 40.5 Å². The van der Waals surface area contributed by atoms with Gasteiger partial charge < -0.3 is 4.55 Å². The van der Waals surface area contributed by atoms with Crippen LogP contribution in [0.15, 0.2) is 0 Å². The van der Waals surface area contributed by atoms with E-state index in [-0.39, 0.29) is 5.37 Å². The van der Waals surface area contributed by atoms with E-state index in [1.165, 1.54) is 25.7 Å². The highest BCUT2D eigenvalue weighted by Gasteiger charge is 2.19. The van der Waals surface area contributed by atoms with Crippen LogP contribution in [0.5, 0.6) is 0 Å². The van der Waals surface area contributed by atoms with Crippen LogP contribution in [0, 0.1) is 0 Å². The molecule has 1 fully saturated rings. The van der Waals surface area contributed by atoms with Gasteiger partial charge in [-0.1, -0.05) is 12.8 Å². The molecule has 1 saturated heterocycles. The molecule has 0 aromatic carbocycles. The fourth-order valence-corrected chi connectivity index (χ4v) is 2.05. The molecule has 1 aliphatic heterocycles. The van der Waals surface area contributed by atoms with Crippen molar-refractivity contribution in [3.63, 3.8) is 0 Å². The van der Waals surface area contributed by atoms with E-state index < -0.39 is 11.1 Å². The molecule has 0 amide bonds. The van der Waals surface area contributed by atoms with Gasteiger partial charge in [0.05, 0.1) is 0 Å². The summed E-state index contributed by atoms with van der Waals surface area (Å²) < 4.78 is 19.7.